The number of methoxy groups -OCH3 is 1. The molecule has 0 spiro atoms. The van der Waals surface area contributed by atoms with E-state index in [0.29, 0.717) is 5.56 Å². The van der Waals surface area contributed by atoms with Gasteiger partial charge < -0.3 is 104 Å². The van der Waals surface area contributed by atoms with Gasteiger partial charge in [0.25, 0.3) is 0 Å². The highest BCUT2D eigenvalue weighted by atomic mass is 16.7. The van der Waals surface area contributed by atoms with Crippen molar-refractivity contribution in [3.63, 3.8) is 0 Å². The molecule has 0 aliphatic carbocycles. The number of carbonyl (C=O) groups excluding carboxylic acids is 1. The molecule has 4 heterocycles. The quantitative estimate of drug-likeness (QED) is 0.0320. The van der Waals surface area contributed by atoms with E-state index in [9.17, 15) is 71.2 Å². The predicted molar refractivity (Wildman–Crippen MR) is 219 cm³/mol. The lowest BCUT2D eigenvalue weighted by Gasteiger charge is -2.42. The molecule has 3 saturated heterocycles. The van der Waals surface area contributed by atoms with E-state index in [-0.39, 0.29) is 45.3 Å². The first-order valence-electron chi connectivity index (χ1n) is 20.3. The molecule has 23 heteroatoms. The van der Waals surface area contributed by atoms with E-state index in [2.05, 4.69) is 0 Å². The van der Waals surface area contributed by atoms with E-state index in [1.54, 1.807) is 12.1 Å². The number of aromatic hydroxyl groups is 4. The van der Waals surface area contributed by atoms with Crippen LogP contribution in [-0.4, -0.2) is 185 Å². The van der Waals surface area contributed by atoms with Gasteiger partial charge in [0, 0.05) is 30.3 Å². The standard InChI is InChI=1S/C43H48O23/c1-16-39(66-29(48)8-5-17-3-6-19(45)7-4-17)35(54)38(57)41(60-16)59-15-28-32(51)34(53)37(56)43(65-28)63-26-13-21-23(61-40(26)18-9-22(47)30(49)25(10-18)58-2)11-20(46)12-24(21)62-42-36(55)33(52)31(50)27(14-44)64-42/h3-13,16,27-28,31-39,41-44,50-57H,14-15H2,1-2H3,(H3-,45,46,47,48,49)/p+1/t16-,27-,28+,31-,32-,33-,34+,35+,36+,37+,38-,39-,41+,42+,43+/m0/s1. The molecular formula is C43H49O23+. The summed E-state index contributed by atoms with van der Waals surface area (Å²) in [5.74, 6) is -3.85. The van der Waals surface area contributed by atoms with Gasteiger partial charge in [0.15, 0.2) is 23.9 Å². The number of benzene rings is 3. The fourth-order valence-electron chi connectivity index (χ4n) is 7.42. The molecular weight excluding hydrogens is 884 g/mol. The number of rotatable bonds is 13. The Kier molecular flexibility index (Phi) is 14.7. The van der Waals surface area contributed by atoms with Crippen LogP contribution in [0, 0.1) is 0 Å². The first-order chi connectivity index (χ1) is 31.4. The predicted octanol–water partition coefficient (Wildman–Crippen LogP) is -1.31. The van der Waals surface area contributed by atoms with Crippen molar-refractivity contribution in [1.82, 2.24) is 0 Å². The highest BCUT2D eigenvalue weighted by molar-refractivity contribution is 5.89. The van der Waals surface area contributed by atoms with Crippen LogP contribution < -0.4 is 14.2 Å². The van der Waals surface area contributed by atoms with Crippen molar-refractivity contribution in [2.24, 2.45) is 0 Å². The van der Waals surface area contributed by atoms with Gasteiger partial charge in [0.2, 0.25) is 24.1 Å². The van der Waals surface area contributed by atoms with Crippen LogP contribution in [0.2, 0.25) is 0 Å². The molecule has 358 valence electrons. The molecule has 0 radical (unpaired) electrons. The molecule has 3 aromatic carbocycles. The van der Waals surface area contributed by atoms with Gasteiger partial charge in [-0.05, 0) is 30.7 Å². The number of carbonyl (C=O) groups is 1. The molecule has 0 bridgehead atoms. The van der Waals surface area contributed by atoms with Crippen LogP contribution >= 0.6 is 0 Å². The Morgan fingerprint density at radius 2 is 1.30 bits per heavy atom. The Bertz CT molecular complexity index is 2360. The molecule has 7 rings (SSSR count). The molecule has 15 atom stereocenters. The number of hydrogen-bond donors (Lipinski definition) is 13. The first-order valence-corrected chi connectivity index (χ1v) is 20.3. The van der Waals surface area contributed by atoms with Crippen molar-refractivity contribution in [3.8, 4) is 51.6 Å². The van der Waals surface area contributed by atoms with E-state index in [1.807, 2.05) is 0 Å². The Morgan fingerprint density at radius 1 is 0.682 bits per heavy atom. The number of phenolic OH excluding ortho intramolecular Hbond substituents is 4. The van der Waals surface area contributed by atoms with Gasteiger partial charge in [-0.15, -0.1) is 0 Å². The SMILES string of the molecule is COc1cc(-c2[o+]c3cc(O)cc(O[C@@H]4O[C@@H](CO)[C@H](O)[C@H](O)[C@H]4O)c3cc2O[C@@H]2O[C@H](CO[C@@H]3O[C@@H](C)[C@H](OC(=O)/C=C/c4ccc(O)cc4)[C@H](O)[C@@H]3O)[C@H](O)[C@@H](O)[C@H]2O)cc(O)c1O. The zero-order valence-electron chi connectivity index (χ0n) is 34.8. The zero-order chi connectivity index (χ0) is 47.7. The molecule has 0 unspecified atom stereocenters. The van der Waals surface area contributed by atoms with Crippen LogP contribution in [0.1, 0.15) is 12.5 Å². The molecule has 3 fully saturated rings. The lowest BCUT2D eigenvalue weighted by Crippen LogP contribution is -2.62. The average Bonchev–Trinajstić information content (AvgIpc) is 3.29. The second-order valence-corrected chi connectivity index (χ2v) is 15.6. The summed E-state index contributed by atoms with van der Waals surface area (Å²) in [5, 5.41) is 137. The number of phenols is 4. The minimum Gasteiger partial charge on any atom is -0.508 e. The van der Waals surface area contributed by atoms with Gasteiger partial charge in [0.05, 0.1) is 38.1 Å². The molecule has 66 heavy (non-hydrogen) atoms. The summed E-state index contributed by atoms with van der Waals surface area (Å²) in [7, 11) is 1.20. The van der Waals surface area contributed by atoms with Crippen LogP contribution in [0.4, 0.5) is 0 Å². The van der Waals surface area contributed by atoms with Gasteiger partial charge in [-0.25, -0.2) is 9.21 Å². The number of hydrogen-bond acceptors (Lipinski definition) is 22. The first kappa shape index (κ1) is 48.3. The number of aliphatic hydroxyl groups is 9. The lowest BCUT2D eigenvalue weighted by molar-refractivity contribution is -0.319. The van der Waals surface area contributed by atoms with Crippen molar-refractivity contribution in [3.05, 3.63) is 66.2 Å². The largest absolute Gasteiger partial charge is 0.508 e. The summed E-state index contributed by atoms with van der Waals surface area (Å²) in [6, 6.07) is 11.6. The topological polar surface area (TPSA) is 365 Å². The maximum Gasteiger partial charge on any atom is 0.402 e. The number of fused-ring (bicyclic) bond motifs is 1. The summed E-state index contributed by atoms with van der Waals surface area (Å²) in [5.41, 5.74) is 0.350. The number of esters is 1. The summed E-state index contributed by atoms with van der Waals surface area (Å²) in [6.07, 6.45) is -23.0. The maximum atomic E-state index is 12.6. The second kappa shape index (κ2) is 20.1. The molecule has 4 aromatic rings. The van der Waals surface area contributed by atoms with Gasteiger partial charge in [0.1, 0.15) is 83.7 Å². The lowest BCUT2D eigenvalue weighted by atomic mass is 9.98. The highest BCUT2D eigenvalue weighted by Gasteiger charge is 2.50. The smallest absolute Gasteiger partial charge is 0.402 e. The van der Waals surface area contributed by atoms with Crippen molar-refractivity contribution < 1.29 is 113 Å². The van der Waals surface area contributed by atoms with Gasteiger partial charge in [-0.2, -0.15) is 0 Å². The molecule has 0 saturated carbocycles. The molecule has 3 aliphatic heterocycles. The van der Waals surface area contributed by atoms with E-state index in [4.69, 9.17) is 42.3 Å². The zero-order valence-corrected chi connectivity index (χ0v) is 34.8. The van der Waals surface area contributed by atoms with E-state index < -0.39 is 129 Å². The summed E-state index contributed by atoms with van der Waals surface area (Å²) >= 11 is 0. The van der Waals surface area contributed by atoms with Gasteiger partial charge in [-0.3, -0.25) is 0 Å². The Morgan fingerprint density at radius 3 is 1.95 bits per heavy atom. The summed E-state index contributed by atoms with van der Waals surface area (Å²) < 4.78 is 51.3. The van der Waals surface area contributed by atoms with E-state index in [0.717, 1.165) is 24.3 Å². The van der Waals surface area contributed by atoms with Crippen molar-refractivity contribution in [2.45, 2.75) is 99.0 Å². The van der Waals surface area contributed by atoms with E-state index in [1.165, 1.54) is 44.4 Å². The average molecular weight is 934 g/mol. The summed E-state index contributed by atoms with van der Waals surface area (Å²) in [6.45, 7) is -0.0302. The Hall–Kier alpha value is -5.64. The monoisotopic (exact) mass is 933 g/mol. The van der Waals surface area contributed by atoms with Crippen LogP contribution in [0.15, 0.2) is 65.1 Å². The molecule has 0 amide bonds. The maximum absolute atomic E-state index is 12.6. The van der Waals surface area contributed by atoms with Gasteiger partial charge in [-0.1, -0.05) is 12.1 Å². The minimum atomic E-state index is -2.01. The van der Waals surface area contributed by atoms with Crippen molar-refractivity contribution >= 4 is 23.0 Å². The minimum absolute atomic E-state index is 0.0232. The van der Waals surface area contributed by atoms with Crippen LogP contribution in [0.3, 0.4) is 0 Å². The van der Waals surface area contributed by atoms with Crippen molar-refractivity contribution in [1.29, 1.82) is 0 Å². The number of ether oxygens (including phenoxy) is 8. The highest BCUT2D eigenvalue weighted by Crippen LogP contribution is 2.46. The van der Waals surface area contributed by atoms with Crippen LogP contribution in [0.25, 0.3) is 28.4 Å². The number of aliphatic hydroxyl groups excluding tert-OH is 9. The normalized spacial score (nSPS) is 32.6. The Balaban J connectivity index is 1.13. The molecule has 13 N–H and O–H groups in total. The fraction of sp³-hybridized carbons (Fsp3) is 0.442. The fourth-order valence-corrected chi connectivity index (χ4v) is 7.42. The third-order valence-electron chi connectivity index (χ3n) is 11.1. The summed E-state index contributed by atoms with van der Waals surface area (Å²) in [4.78, 5) is 12.6. The molecule has 3 aliphatic rings. The third kappa shape index (κ3) is 10.0. The van der Waals surface area contributed by atoms with Crippen LogP contribution in [-0.2, 0) is 28.5 Å². The van der Waals surface area contributed by atoms with E-state index >= 15 is 0 Å². The van der Waals surface area contributed by atoms with Crippen LogP contribution in [0.5, 0.6) is 40.2 Å². The molecule has 23 nitrogen and oxygen atoms in total. The second-order valence-electron chi connectivity index (χ2n) is 15.6. The Labute approximate surface area is 373 Å². The third-order valence-corrected chi connectivity index (χ3v) is 11.1. The van der Waals surface area contributed by atoms with Crippen molar-refractivity contribution in [2.75, 3.05) is 20.3 Å². The van der Waals surface area contributed by atoms with Gasteiger partial charge >= 0.3 is 17.3 Å². The molecule has 1 aromatic heterocycles.